The van der Waals surface area contributed by atoms with Crippen LogP contribution < -0.4 is 5.32 Å². The summed E-state index contributed by atoms with van der Waals surface area (Å²) in [5.74, 6) is -1.73. The third-order valence-corrected chi connectivity index (χ3v) is 3.97. The zero-order valence-corrected chi connectivity index (χ0v) is 14.1. The molecule has 2 aromatic carbocycles. The standard InChI is InChI=1S/C18H13ClF2N2O2/c1-9-6-7-12(20)14(8-9)22-18(24)15-10(2)25-23-17(15)16-11(19)4-3-5-13(16)21/h3-8H,1-2H3,(H,22,24). The van der Waals surface area contributed by atoms with Crippen molar-refractivity contribution in [3.63, 3.8) is 0 Å². The lowest BCUT2D eigenvalue weighted by Gasteiger charge is -2.09. The van der Waals surface area contributed by atoms with Crippen molar-refractivity contribution in [2.45, 2.75) is 13.8 Å². The number of carbonyl (C=O) groups is 1. The van der Waals surface area contributed by atoms with Gasteiger partial charge in [-0.25, -0.2) is 8.78 Å². The number of benzene rings is 2. The van der Waals surface area contributed by atoms with Gasteiger partial charge in [0.15, 0.2) is 0 Å². The number of rotatable bonds is 3. The maximum atomic E-state index is 14.2. The molecule has 128 valence electrons. The quantitative estimate of drug-likeness (QED) is 0.701. The first kappa shape index (κ1) is 17.1. The van der Waals surface area contributed by atoms with Gasteiger partial charge in [0.2, 0.25) is 0 Å². The molecule has 3 aromatic rings. The number of nitrogens with one attached hydrogen (secondary N) is 1. The molecule has 0 aliphatic carbocycles. The van der Waals surface area contributed by atoms with Crippen LogP contribution in [0.25, 0.3) is 11.3 Å². The molecule has 0 bridgehead atoms. The highest BCUT2D eigenvalue weighted by Gasteiger charge is 2.26. The first-order valence-electron chi connectivity index (χ1n) is 7.36. The molecule has 1 heterocycles. The minimum atomic E-state index is -0.669. The summed E-state index contributed by atoms with van der Waals surface area (Å²) in [4.78, 5) is 12.6. The van der Waals surface area contributed by atoms with E-state index in [0.717, 1.165) is 5.56 Å². The van der Waals surface area contributed by atoms with Gasteiger partial charge in [-0.15, -0.1) is 0 Å². The van der Waals surface area contributed by atoms with Crippen molar-refractivity contribution < 1.29 is 18.1 Å². The van der Waals surface area contributed by atoms with Crippen molar-refractivity contribution in [1.82, 2.24) is 5.16 Å². The van der Waals surface area contributed by atoms with E-state index in [1.165, 1.54) is 37.3 Å². The van der Waals surface area contributed by atoms with E-state index in [9.17, 15) is 13.6 Å². The molecule has 0 saturated carbocycles. The maximum absolute atomic E-state index is 14.2. The lowest BCUT2D eigenvalue weighted by atomic mass is 10.0. The van der Waals surface area contributed by atoms with E-state index in [-0.39, 0.29) is 33.3 Å². The number of hydrogen-bond donors (Lipinski definition) is 1. The van der Waals surface area contributed by atoms with Crippen LogP contribution in [0.5, 0.6) is 0 Å². The molecular formula is C18H13ClF2N2O2. The fraction of sp³-hybridized carbons (Fsp3) is 0.111. The van der Waals surface area contributed by atoms with Crippen molar-refractivity contribution in [3.8, 4) is 11.3 Å². The van der Waals surface area contributed by atoms with Crippen LogP contribution >= 0.6 is 11.6 Å². The maximum Gasteiger partial charge on any atom is 0.261 e. The second-order valence-corrected chi connectivity index (χ2v) is 5.90. The van der Waals surface area contributed by atoms with E-state index in [4.69, 9.17) is 16.1 Å². The van der Waals surface area contributed by atoms with Gasteiger partial charge in [0.05, 0.1) is 16.3 Å². The first-order chi connectivity index (χ1) is 11.9. The summed E-state index contributed by atoms with van der Waals surface area (Å²) >= 11 is 6.04. The minimum Gasteiger partial charge on any atom is -0.360 e. The van der Waals surface area contributed by atoms with Crippen LogP contribution in [0.15, 0.2) is 40.9 Å². The highest BCUT2D eigenvalue weighted by atomic mass is 35.5. The van der Waals surface area contributed by atoms with Crippen LogP contribution in [0.1, 0.15) is 21.7 Å². The highest BCUT2D eigenvalue weighted by molar-refractivity contribution is 6.33. The van der Waals surface area contributed by atoms with Crippen molar-refractivity contribution in [2.24, 2.45) is 0 Å². The predicted molar refractivity (Wildman–Crippen MR) is 90.7 cm³/mol. The van der Waals surface area contributed by atoms with Crippen molar-refractivity contribution >= 4 is 23.2 Å². The summed E-state index contributed by atoms with van der Waals surface area (Å²) in [6.07, 6.45) is 0. The Labute approximate surface area is 147 Å². The lowest BCUT2D eigenvalue weighted by Crippen LogP contribution is -2.15. The second kappa shape index (κ2) is 6.64. The van der Waals surface area contributed by atoms with Gasteiger partial charge in [-0.1, -0.05) is 28.9 Å². The van der Waals surface area contributed by atoms with Crippen molar-refractivity contribution in [2.75, 3.05) is 5.32 Å². The fourth-order valence-electron chi connectivity index (χ4n) is 2.45. The third kappa shape index (κ3) is 3.25. The summed E-state index contributed by atoms with van der Waals surface area (Å²) in [6, 6.07) is 8.45. The zero-order valence-electron chi connectivity index (χ0n) is 13.4. The predicted octanol–water partition coefficient (Wildman–Crippen LogP) is 5.14. The molecule has 1 aromatic heterocycles. The Bertz CT molecular complexity index is 949. The molecule has 0 aliphatic heterocycles. The number of amides is 1. The molecule has 1 amide bonds. The van der Waals surface area contributed by atoms with Crippen LogP contribution in [0.3, 0.4) is 0 Å². The third-order valence-electron chi connectivity index (χ3n) is 3.66. The van der Waals surface area contributed by atoms with Crippen LogP contribution in [0, 0.1) is 25.5 Å². The Kier molecular flexibility index (Phi) is 4.55. The summed E-state index contributed by atoms with van der Waals surface area (Å²) < 4.78 is 33.1. The van der Waals surface area contributed by atoms with Crippen molar-refractivity contribution in [3.05, 3.63) is 69.9 Å². The van der Waals surface area contributed by atoms with Gasteiger partial charge >= 0.3 is 0 Å². The lowest BCUT2D eigenvalue weighted by molar-refractivity contribution is 0.102. The van der Waals surface area contributed by atoms with Gasteiger partial charge in [-0.3, -0.25) is 4.79 Å². The fourth-order valence-corrected chi connectivity index (χ4v) is 2.71. The van der Waals surface area contributed by atoms with Crippen molar-refractivity contribution in [1.29, 1.82) is 0 Å². The Balaban J connectivity index is 2.05. The van der Waals surface area contributed by atoms with Gasteiger partial charge in [-0.2, -0.15) is 0 Å². The summed E-state index contributed by atoms with van der Waals surface area (Å²) in [5, 5.41) is 6.31. The van der Waals surface area contributed by atoms with Crippen LogP contribution in [-0.2, 0) is 0 Å². The zero-order chi connectivity index (χ0) is 18.1. The molecule has 0 radical (unpaired) electrons. The first-order valence-corrected chi connectivity index (χ1v) is 7.74. The van der Waals surface area contributed by atoms with Crippen LogP contribution in [0.4, 0.5) is 14.5 Å². The Morgan fingerprint density at radius 2 is 1.92 bits per heavy atom. The van der Waals surface area contributed by atoms with E-state index < -0.39 is 17.5 Å². The largest absolute Gasteiger partial charge is 0.360 e. The molecule has 25 heavy (non-hydrogen) atoms. The molecule has 4 nitrogen and oxygen atoms in total. The van der Waals surface area contributed by atoms with Gasteiger partial charge in [0.1, 0.15) is 28.7 Å². The molecule has 0 aliphatic rings. The van der Waals surface area contributed by atoms with Gasteiger partial charge < -0.3 is 9.84 Å². The molecule has 0 atom stereocenters. The molecule has 0 fully saturated rings. The molecule has 1 N–H and O–H groups in total. The minimum absolute atomic E-state index is 0.00657. The SMILES string of the molecule is Cc1ccc(F)c(NC(=O)c2c(-c3c(F)cccc3Cl)noc2C)c1. The monoisotopic (exact) mass is 362 g/mol. The Morgan fingerprint density at radius 1 is 1.16 bits per heavy atom. The summed E-state index contributed by atoms with van der Waals surface area (Å²) in [7, 11) is 0. The Hall–Kier alpha value is -2.73. The average molecular weight is 363 g/mol. The highest BCUT2D eigenvalue weighted by Crippen LogP contribution is 2.33. The summed E-state index contributed by atoms with van der Waals surface area (Å²) in [6.45, 7) is 3.27. The smallest absolute Gasteiger partial charge is 0.261 e. The number of nitrogens with zero attached hydrogens (tertiary/aromatic N) is 1. The number of anilines is 1. The number of aromatic nitrogens is 1. The average Bonchev–Trinajstić information content (AvgIpc) is 2.92. The van der Waals surface area contributed by atoms with E-state index in [1.807, 2.05) is 0 Å². The molecule has 0 saturated heterocycles. The molecular weight excluding hydrogens is 350 g/mol. The number of carbonyl (C=O) groups excluding carboxylic acids is 1. The summed E-state index contributed by atoms with van der Waals surface area (Å²) in [5.41, 5.74) is 0.697. The number of aryl methyl sites for hydroxylation is 2. The van der Waals surface area contributed by atoms with Crippen LogP contribution in [0.2, 0.25) is 5.02 Å². The van der Waals surface area contributed by atoms with E-state index in [2.05, 4.69) is 10.5 Å². The Morgan fingerprint density at radius 3 is 2.64 bits per heavy atom. The van der Waals surface area contributed by atoms with Crippen LogP contribution in [-0.4, -0.2) is 11.1 Å². The topological polar surface area (TPSA) is 55.1 Å². The van der Waals surface area contributed by atoms with E-state index >= 15 is 0 Å². The number of halogens is 3. The van der Waals surface area contributed by atoms with Gasteiger partial charge in [0, 0.05) is 0 Å². The van der Waals surface area contributed by atoms with Gasteiger partial charge in [-0.05, 0) is 43.7 Å². The second-order valence-electron chi connectivity index (χ2n) is 5.50. The number of hydrogen-bond acceptors (Lipinski definition) is 3. The van der Waals surface area contributed by atoms with E-state index in [0.29, 0.717) is 0 Å². The normalized spacial score (nSPS) is 10.8. The molecule has 0 unspecified atom stereocenters. The molecule has 7 heteroatoms. The van der Waals surface area contributed by atoms with Gasteiger partial charge in [0.25, 0.3) is 5.91 Å². The molecule has 3 rings (SSSR count). The van der Waals surface area contributed by atoms with E-state index in [1.54, 1.807) is 13.0 Å². The molecule has 0 spiro atoms.